The lowest BCUT2D eigenvalue weighted by atomic mass is 10.6. The summed E-state index contributed by atoms with van der Waals surface area (Å²) in [6.07, 6.45) is -0.665. The van der Waals surface area contributed by atoms with Crippen LogP contribution in [0.5, 0.6) is 0 Å². The van der Waals surface area contributed by atoms with Crippen molar-refractivity contribution in [3.05, 3.63) is 12.7 Å². The van der Waals surface area contributed by atoms with Crippen LogP contribution in [0, 0.1) is 0 Å². The summed E-state index contributed by atoms with van der Waals surface area (Å²) in [6.45, 7) is 4.59. The normalized spacial score (nSPS) is 10.5. The molecule has 0 aliphatic heterocycles. The van der Waals surface area contributed by atoms with Crippen molar-refractivity contribution in [3.63, 3.8) is 0 Å². The zero-order chi connectivity index (χ0) is 8.53. The molecule has 0 aromatic carbocycles. The molecule has 0 atom stereocenters. The van der Waals surface area contributed by atoms with Crippen LogP contribution >= 0.6 is 0 Å². The molecule has 11 heavy (non-hydrogen) atoms. The maximum Gasteiger partial charge on any atom is 0.261 e. The molecule has 66 valence electrons. The Bertz CT molecular complexity index is 98.4. The highest BCUT2D eigenvalue weighted by molar-refractivity contribution is 4.68. The molecule has 0 spiro atoms. The van der Waals surface area contributed by atoms with Gasteiger partial charge in [-0.05, 0) is 0 Å². The van der Waals surface area contributed by atoms with E-state index in [4.69, 9.17) is 0 Å². The summed E-state index contributed by atoms with van der Waals surface area (Å²) in [7, 11) is 0. The van der Waals surface area contributed by atoms with Crippen molar-refractivity contribution >= 4 is 0 Å². The van der Waals surface area contributed by atoms with Gasteiger partial charge in [0, 0.05) is 13.1 Å². The summed E-state index contributed by atoms with van der Waals surface area (Å²) >= 11 is 0. The van der Waals surface area contributed by atoms with Gasteiger partial charge in [-0.2, -0.15) is 0 Å². The Morgan fingerprint density at radius 2 is 2.27 bits per heavy atom. The molecule has 0 heterocycles. The fourth-order valence-corrected chi connectivity index (χ4v) is 0.521. The molecule has 0 aliphatic carbocycles. The molecule has 0 saturated carbocycles. The van der Waals surface area contributed by atoms with Crippen molar-refractivity contribution in [2.24, 2.45) is 0 Å². The predicted molar refractivity (Wildman–Crippen MR) is 39.9 cm³/mol. The van der Waals surface area contributed by atoms with Crippen molar-refractivity contribution in [2.75, 3.05) is 26.3 Å². The van der Waals surface area contributed by atoms with E-state index in [1.165, 1.54) is 0 Å². The van der Waals surface area contributed by atoms with Crippen LogP contribution in [0.15, 0.2) is 12.7 Å². The van der Waals surface area contributed by atoms with Crippen LogP contribution in [0.4, 0.5) is 8.78 Å². The van der Waals surface area contributed by atoms with Gasteiger partial charge in [-0.3, -0.25) is 0 Å². The molecular weight excluding hydrogens is 152 g/mol. The molecule has 0 aromatic rings. The smallest absolute Gasteiger partial charge is 0.261 e. The van der Waals surface area contributed by atoms with E-state index in [0.29, 0.717) is 19.7 Å². The molecule has 0 aromatic heterocycles. The summed E-state index contributed by atoms with van der Waals surface area (Å²) in [5.74, 6) is 0. The Morgan fingerprint density at radius 1 is 1.55 bits per heavy atom. The van der Waals surface area contributed by atoms with Gasteiger partial charge in [-0.15, -0.1) is 6.58 Å². The zero-order valence-electron chi connectivity index (χ0n) is 6.35. The van der Waals surface area contributed by atoms with E-state index in [1.807, 2.05) is 0 Å². The van der Waals surface area contributed by atoms with E-state index in [0.717, 1.165) is 0 Å². The lowest BCUT2D eigenvalue weighted by Gasteiger charge is -2.02. The van der Waals surface area contributed by atoms with Crippen molar-refractivity contribution in [3.8, 4) is 0 Å². The van der Waals surface area contributed by atoms with Crippen LogP contribution in [0.2, 0.25) is 0 Å². The number of halogens is 2. The van der Waals surface area contributed by atoms with Crippen LogP contribution in [0.25, 0.3) is 0 Å². The average Bonchev–Trinajstić information content (AvgIpc) is 1.96. The van der Waals surface area contributed by atoms with E-state index in [9.17, 15) is 8.78 Å². The number of ether oxygens (including phenoxy) is 1. The maximum absolute atomic E-state index is 11.4. The molecule has 0 aliphatic rings. The van der Waals surface area contributed by atoms with E-state index in [1.54, 1.807) is 6.08 Å². The Hall–Kier alpha value is -0.480. The first-order valence-electron chi connectivity index (χ1n) is 3.45. The predicted octanol–water partition coefficient (Wildman–Crippen LogP) is 1.04. The first kappa shape index (κ1) is 10.5. The number of alkyl halides is 2. The third-order valence-electron chi connectivity index (χ3n) is 0.956. The quantitative estimate of drug-likeness (QED) is 0.449. The SMILES string of the molecule is C=CCNCCOCC(F)F. The summed E-state index contributed by atoms with van der Waals surface area (Å²) in [5.41, 5.74) is 0. The van der Waals surface area contributed by atoms with Crippen LogP contribution in [-0.4, -0.2) is 32.7 Å². The highest BCUT2D eigenvalue weighted by Gasteiger charge is 1.99. The van der Waals surface area contributed by atoms with E-state index < -0.39 is 13.0 Å². The lowest BCUT2D eigenvalue weighted by molar-refractivity contribution is 0.0190. The Balaban J connectivity index is 2.85. The average molecular weight is 165 g/mol. The van der Waals surface area contributed by atoms with Gasteiger partial charge in [0.1, 0.15) is 6.61 Å². The number of hydrogen-bond acceptors (Lipinski definition) is 2. The minimum atomic E-state index is -2.37. The zero-order valence-corrected chi connectivity index (χ0v) is 6.35. The van der Waals surface area contributed by atoms with Crippen LogP contribution in [0.3, 0.4) is 0 Å². The van der Waals surface area contributed by atoms with Gasteiger partial charge in [0.25, 0.3) is 6.43 Å². The molecule has 0 saturated heterocycles. The molecule has 0 unspecified atom stereocenters. The molecule has 1 N–H and O–H groups in total. The van der Waals surface area contributed by atoms with Gasteiger partial charge in [0.2, 0.25) is 0 Å². The first-order chi connectivity index (χ1) is 5.27. The van der Waals surface area contributed by atoms with Crippen molar-refractivity contribution in [1.82, 2.24) is 5.32 Å². The van der Waals surface area contributed by atoms with Gasteiger partial charge >= 0.3 is 0 Å². The van der Waals surface area contributed by atoms with Gasteiger partial charge in [0.05, 0.1) is 6.61 Å². The fraction of sp³-hybridized carbons (Fsp3) is 0.714. The first-order valence-corrected chi connectivity index (χ1v) is 3.45. The molecular formula is C7H13F2NO. The van der Waals surface area contributed by atoms with Gasteiger partial charge in [0.15, 0.2) is 0 Å². The molecule has 0 rings (SSSR count). The molecule has 2 nitrogen and oxygen atoms in total. The summed E-state index contributed by atoms with van der Waals surface area (Å²) in [4.78, 5) is 0. The molecule has 4 heteroatoms. The minimum absolute atomic E-state index is 0.318. The summed E-state index contributed by atoms with van der Waals surface area (Å²) in [5, 5.41) is 2.92. The second-order valence-electron chi connectivity index (χ2n) is 1.96. The largest absolute Gasteiger partial charge is 0.374 e. The highest BCUT2D eigenvalue weighted by Crippen LogP contribution is 1.90. The number of hydrogen-bond donors (Lipinski definition) is 1. The van der Waals surface area contributed by atoms with E-state index in [2.05, 4.69) is 16.6 Å². The van der Waals surface area contributed by atoms with Gasteiger partial charge < -0.3 is 10.1 Å². The lowest BCUT2D eigenvalue weighted by Crippen LogP contribution is -2.20. The monoisotopic (exact) mass is 165 g/mol. The number of rotatable bonds is 7. The fourth-order valence-electron chi connectivity index (χ4n) is 0.521. The second kappa shape index (κ2) is 7.63. The second-order valence-corrected chi connectivity index (χ2v) is 1.96. The Morgan fingerprint density at radius 3 is 2.82 bits per heavy atom. The maximum atomic E-state index is 11.4. The molecule has 0 radical (unpaired) electrons. The molecule has 0 bridgehead atoms. The highest BCUT2D eigenvalue weighted by atomic mass is 19.3. The van der Waals surface area contributed by atoms with Crippen LogP contribution in [0.1, 0.15) is 0 Å². The topological polar surface area (TPSA) is 21.3 Å². The summed E-state index contributed by atoms with van der Waals surface area (Å²) in [6, 6.07) is 0. The number of nitrogens with one attached hydrogen (secondary N) is 1. The van der Waals surface area contributed by atoms with Crippen molar-refractivity contribution < 1.29 is 13.5 Å². The van der Waals surface area contributed by atoms with Crippen LogP contribution < -0.4 is 5.32 Å². The third-order valence-corrected chi connectivity index (χ3v) is 0.956. The minimum Gasteiger partial charge on any atom is -0.374 e. The van der Waals surface area contributed by atoms with Gasteiger partial charge in [-0.25, -0.2) is 8.78 Å². The molecule has 0 fully saturated rings. The Labute approximate surface area is 65.2 Å². The third kappa shape index (κ3) is 9.52. The Kier molecular flexibility index (Phi) is 7.29. The standard InChI is InChI=1S/C7H13F2NO/c1-2-3-10-4-5-11-6-7(8)9/h2,7,10H,1,3-6H2. The van der Waals surface area contributed by atoms with Crippen LogP contribution in [-0.2, 0) is 4.74 Å². The summed E-state index contributed by atoms with van der Waals surface area (Å²) < 4.78 is 27.5. The van der Waals surface area contributed by atoms with E-state index >= 15 is 0 Å². The van der Waals surface area contributed by atoms with Crippen molar-refractivity contribution in [1.29, 1.82) is 0 Å². The van der Waals surface area contributed by atoms with E-state index in [-0.39, 0.29) is 0 Å². The van der Waals surface area contributed by atoms with Gasteiger partial charge in [-0.1, -0.05) is 6.08 Å². The molecule has 0 amide bonds. The van der Waals surface area contributed by atoms with Crippen molar-refractivity contribution in [2.45, 2.75) is 6.43 Å².